The number of nitrogens with two attached hydrogens (primary N) is 1. The van der Waals surface area contributed by atoms with Crippen LogP contribution in [-0.4, -0.2) is 18.1 Å². The third-order valence-electron chi connectivity index (χ3n) is 5.91. The molecule has 3 aliphatic rings. The Morgan fingerprint density at radius 3 is 2.28 bits per heavy atom. The summed E-state index contributed by atoms with van der Waals surface area (Å²) in [5, 5.41) is 4.04. The van der Waals surface area contributed by atoms with Gasteiger partial charge in [0.1, 0.15) is 0 Å². The zero-order valence-corrected chi connectivity index (χ0v) is 11.8. The van der Waals surface area contributed by atoms with Gasteiger partial charge in [0.2, 0.25) is 0 Å². The summed E-state index contributed by atoms with van der Waals surface area (Å²) in [4.78, 5) is 0. The van der Waals surface area contributed by atoms with Crippen molar-refractivity contribution in [3.05, 3.63) is 0 Å². The Hall–Kier alpha value is -0.0800. The van der Waals surface area contributed by atoms with Crippen LogP contribution in [0.25, 0.3) is 0 Å². The van der Waals surface area contributed by atoms with Crippen LogP contribution in [0, 0.1) is 5.41 Å². The van der Waals surface area contributed by atoms with Gasteiger partial charge in [-0.2, -0.15) is 0 Å². The Labute approximate surface area is 112 Å². The molecule has 18 heavy (non-hydrogen) atoms. The predicted octanol–water partition coefficient (Wildman–Crippen LogP) is 3.35. The van der Waals surface area contributed by atoms with Crippen LogP contribution in [-0.2, 0) is 0 Å². The molecule has 0 saturated heterocycles. The predicted molar refractivity (Wildman–Crippen MR) is 76.5 cm³/mol. The molecule has 0 aliphatic heterocycles. The van der Waals surface area contributed by atoms with Crippen molar-refractivity contribution < 1.29 is 0 Å². The van der Waals surface area contributed by atoms with Crippen molar-refractivity contribution in [3.63, 3.8) is 0 Å². The first-order valence-corrected chi connectivity index (χ1v) is 8.30. The standard InChI is InChI=1S/C16H30N2/c17-13-6-5-7-14(12-13)18-15-8-1-2-9-16(15)10-3-4-11-16/h13-15,18H,1-12,17H2. The van der Waals surface area contributed by atoms with Crippen molar-refractivity contribution in [2.24, 2.45) is 11.1 Å². The normalized spacial score (nSPS) is 40.2. The average molecular weight is 250 g/mol. The van der Waals surface area contributed by atoms with Crippen LogP contribution in [0.3, 0.4) is 0 Å². The molecule has 0 amide bonds. The summed E-state index contributed by atoms with van der Waals surface area (Å²) < 4.78 is 0. The van der Waals surface area contributed by atoms with E-state index in [-0.39, 0.29) is 0 Å². The van der Waals surface area contributed by atoms with Crippen LogP contribution in [0.2, 0.25) is 0 Å². The summed E-state index contributed by atoms with van der Waals surface area (Å²) in [6.45, 7) is 0. The Bertz CT molecular complexity index is 270. The van der Waals surface area contributed by atoms with Gasteiger partial charge in [0.15, 0.2) is 0 Å². The molecule has 0 aromatic carbocycles. The van der Waals surface area contributed by atoms with E-state index in [9.17, 15) is 0 Å². The van der Waals surface area contributed by atoms with Crippen LogP contribution in [0.15, 0.2) is 0 Å². The molecular weight excluding hydrogens is 220 g/mol. The maximum atomic E-state index is 6.14. The van der Waals surface area contributed by atoms with Crippen LogP contribution in [0.5, 0.6) is 0 Å². The molecule has 3 fully saturated rings. The fraction of sp³-hybridized carbons (Fsp3) is 1.00. The maximum Gasteiger partial charge on any atom is 0.0126 e. The van der Waals surface area contributed by atoms with Crippen LogP contribution in [0.4, 0.5) is 0 Å². The molecule has 3 atom stereocenters. The monoisotopic (exact) mass is 250 g/mol. The summed E-state index contributed by atoms with van der Waals surface area (Å²) in [7, 11) is 0. The Kier molecular flexibility index (Phi) is 3.95. The quantitative estimate of drug-likeness (QED) is 0.789. The van der Waals surface area contributed by atoms with E-state index in [0.29, 0.717) is 17.5 Å². The molecule has 3 aliphatic carbocycles. The van der Waals surface area contributed by atoms with E-state index in [1.807, 2.05) is 0 Å². The van der Waals surface area contributed by atoms with Crippen LogP contribution >= 0.6 is 0 Å². The van der Waals surface area contributed by atoms with E-state index in [1.165, 1.54) is 77.0 Å². The van der Waals surface area contributed by atoms with Gasteiger partial charge in [-0.25, -0.2) is 0 Å². The van der Waals surface area contributed by atoms with Crippen molar-refractivity contribution in [1.29, 1.82) is 0 Å². The van der Waals surface area contributed by atoms with Gasteiger partial charge in [-0.1, -0.05) is 32.1 Å². The summed E-state index contributed by atoms with van der Waals surface area (Å²) in [5.74, 6) is 0. The molecule has 3 rings (SSSR count). The maximum absolute atomic E-state index is 6.14. The summed E-state index contributed by atoms with van der Waals surface area (Å²) >= 11 is 0. The first-order chi connectivity index (χ1) is 8.78. The SMILES string of the molecule is NC1CCCC(NC2CCCCC23CCCC3)C1. The minimum atomic E-state index is 0.458. The smallest absolute Gasteiger partial charge is 0.0126 e. The Balaban J connectivity index is 1.62. The second kappa shape index (κ2) is 5.50. The molecular formula is C16H30N2. The molecule has 3 N–H and O–H groups in total. The molecule has 3 unspecified atom stereocenters. The van der Waals surface area contributed by atoms with Gasteiger partial charge < -0.3 is 11.1 Å². The van der Waals surface area contributed by atoms with Crippen molar-refractivity contribution >= 4 is 0 Å². The fourth-order valence-corrected chi connectivity index (χ4v) is 4.91. The molecule has 2 heteroatoms. The molecule has 0 aromatic heterocycles. The van der Waals surface area contributed by atoms with E-state index in [2.05, 4.69) is 5.32 Å². The summed E-state index contributed by atoms with van der Waals surface area (Å²) in [6.07, 6.45) is 16.9. The second-order valence-corrected chi connectivity index (χ2v) is 7.16. The number of hydrogen-bond acceptors (Lipinski definition) is 2. The zero-order chi connectivity index (χ0) is 12.4. The zero-order valence-electron chi connectivity index (χ0n) is 11.8. The fourth-order valence-electron chi connectivity index (χ4n) is 4.91. The third kappa shape index (κ3) is 2.60. The van der Waals surface area contributed by atoms with E-state index >= 15 is 0 Å². The lowest BCUT2D eigenvalue weighted by molar-refractivity contribution is 0.112. The van der Waals surface area contributed by atoms with E-state index < -0.39 is 0 Å². The Morgan fingerprint density at radius 2 is 1.56 bits per heavy atom. The molecule has 1 spiro atoms. The van der Waals surface area contributed by atoms with Crippen molar-refractivity contribution in [1.82, 2.24) is 5.32 Å². The summed E-state index contributed by atoms with van der Waals surface area (Å²) in [6, 6.07) is 1.98. The van der Waals surface area contributed by atoms with Gasteiger partial charge in [0.05, 0.1) is 0 Å². The average Bonchev–Trinajstić information content (AvgIpc) is 2.82. The molecule has 2 nitrogen and oxygen atoms in total. The lowest BCUT2D eigenvalue weighted by atomic mass is 9.68. The van der Waals surface area contributed by atoms with Crippen LogP contribution in [0.1, 0.15) is 77.0 Å². The molecule has 3 saturated carbocycles. The lowest BCUT2D eigenvalue weighted by Crippen LogP contribution is -2.52. The van der Waals surface area contributed by atoms with Gasteiger partial charge in [-0.05, 0) is 50.4 Å². The van der Waals surface area contributed by atoms with Gasteiger partial charge in [-0.15, -0.1) is 0 Å². The molecule has 0 heterocycles. The summed E-state index contributed by atoms with van der Waals surface area (Å²) in [5.41, 5.74) is 6.82. The highest BCUT2D eigenvalue weighted by molar-refractivity contribution is 4.99. The highest BCUT2D eigenvalue weighted by Crippen LogP contribution is 2.49. The number of hydrogen-bond donors (Lipinski definition) is 2. The van der Waals surface area contributed by atoms with E-state index in [0.717, 1.165) is 6.04 Å². The van der Waals surface area contributed by atoms with Crippen molar-refractivity contribution in [2.75, 3.05) is 0 Å². The minimum absolute atomic E-state index is 0.458. The second-order valence-electron chi connectivity index (χ2n) is 7.16. The van der Waals surface area contributed by atoms with Crippen molar-refractivity contribution in [3.8, 4) is 0 Å². The number of nitrogens with one attached hydrogen (secondary N) is 1. The number of rotatable bonds is 2. The highest BCUT2D eigenvalue weighted by atomic mass is 15.0. The van der Waals surface area contributed by atoms with Gasteiger partial charge in [0, 0.05) is 18.1 Å². The first-order valence-electron chi connectivity index (χ1n) is 8.30. The molecule has 104 valence electrons. The van der Waals surface area contributed by atoms with Gasteiger partial charge in [-0.3, -0.25) is 0 Å². The minimum Gasteiger partial charge on any atom is -0.328 e. The van der Waals surface area contributed by atoms with Crippen molar-refractivity contribution in [2.45, 2.75) is 95.2 Å². The first kappa shape index (κ1) is 12.9. The molecule has 0 bridgehead atoms. The molecule has 0 aromatic rings. The largest absolute Gasteiger partial charge is 0.328 e. The van der Waals surface area contributed by atoms with Crippen LogP contribution < -0.4 is 11.1 Å². The van der Waals surface area contributed by atoms with Gasteiger partial charge >= 0.3 is 0 Å². The van der Waals surface area contributed by atoms with E-state index in [4.69, 9.17) is 5.73 Å². The lowest BCUT2D eigenvalue weighted by Gasteiger charge is -2.45. The van der Waals surface area contributed by atoms with E-state index in [1.54, 1.807) is 0 Å². The molecule has 0 radical (unpaired) electrons. The Morgan fingerprint density at radius 1 is 0.833 bits per heavy atom. The highest BCUT2D eigenvalue weighted by Gasteiger charge is 2.43. The third-order valence-corrected chi connectivity index (χ3v) is 5.91. The van der Waals surface area contributed by atoms with Gasteiger partial charge in [0.25, 0.3) is 0 Å². The topological polar surface area (TPSA) is 38.0 Å².